The number of allylic oxidation sites excluding steroid dienone is 1. The minimum absolute atomic E-state index is 0.0225. The molecule has 7 rings (SSSR count). The number of rotatable bonds is 5. The molecule has 1 aromatic carbocycles. The Morgan fingerprint density at radius 1 is 0.731 bits per heavy atom. The molecule has 0 saturated heterocycles. The first kappa shape index (κ1) is 50.0. The molecule has 67 heavy (non-hydrogen) atoms. The van der Waals surface area contributed by atoms with Gasteiger partial charge < -0.3 is 37.6 Å². The maximum absolute atomic E-state index is 14.8. The van der Waals surface area contributed by atoms with Crippen LogP contribution in [0, 0.1) is 13.8 Å². The van der Waals surface area contributed by atoms with Crippen molar-refractivity contribution in [2.75, 3.05) is 14.2 Å². The Hall–Kier alpha value is -6.42. The highest BCUT2D eigenvalue weighted by atomic mass is 19.4. The van der Waals surface area contributed by atoms with E-state index in [2.05, 4.69) is 30.4 Å². The van der Waals surface area contributed by atoms with E-state index in [1.54, 1.807) is 63.3 Å². The molecule has 6 heterocycles. The summed E-state index contributed by atoms with van der Waals surface area (Å²) in [6, 6.07) is 11.4. The monoisotopic (exact) mass is 946 g/mol. The Bertz CT molecular complexity index is 2550. The third kappa shape index (κ3) is 11.1. The number of methoxy groups -OCH3 is 2. The molecule has 2 aliphatic rings. The van der Waals surface area contributed by atoms with Crippen molar-refractivity contribution >= 4 is 11.9 Å². The van der Waals surface area contributed by atoms with Gasteiger partial charge >= 0.3 is 24.3 Å². The first-order chi connectivity index (χ1) is 31.7. The molecule has 16 nitrogen and oxygen atoms in total. The summed E-state index contributed by atoms with van der Waals surface area (Å²) in [6.07, 6.45) is -6.13. The van der Waals surface area contributed by atoms with Crippen LogP contribution in [0.25, 0.3) is 23.2 Å². The van der Waals surface area contributed by atoms with Crippen molar-refractivity contribution in [2.45, 2.75) is 121 Å². The molecule has 0 fully saturated rings. The summed E-state index contributed by atoms with van der Waals surface area (Å²) in [5.74, 6) is -3.82. The molecular weight excluding hydrogens is 899 g/mol. The second kappa shape index (κ2) is 20.6. The van der Waals surface area contributed by atoms with Gasteiger partial charge in [-0.15, -0.1) is 20.4 Å². The Kier molecular flexibility index (Phi) is 15.4. The van der Waals surface area contributed by atoms with Crippen LogP contribution in [0.4, 0.5) is 26.3 Å². The van der Waals surface area contributed by atoms with Gasteiger partial charge in [0.1, 0.15) is 17.5 Å². The van der Waals surface area contributed by atoms with Crippen LogP contribution in [-0.4, -0.2) is 86.2 Å². The van der Waals surface area contributed by atoms with Crippen molar-refractivity contribution in [2.24, 2.45) is 0 Å². The molecular formula is C45H48F6N6O10. The summed E-state index contributed by atoms with van der Waals surface area (Å²) < 4.78 is 123. The van der Waals surface area contributed by atoms with E-state index < -0.39 is 71.9 Å². The molecule has 22 heteroatoms. The fourth-order valence-corrected chi connectivity index (χ4v) is 7.16. The maximum atomic E-state index is 14.8. The number of aliphatic hydroxyl groups is 1. The largest absolute Gasteiger partial charge is 0.474 e. The Balaban J connectivity index is 0.000000226. The number of pyridine rings is 2. The molecule has 0 saturated carbocycles. The van der Waals surface area contributed by atoms with Crippen LogP contribution in [0.2, 0.25) is 0 Å². The predicted molar refractivity (Wildman–Crippen MR) is 222 cm³/mol. The first-order valence-corrected chi connectivity index (χ1v) is 21.1. The van der Waals surface area contributed by atoms with Gasteiger partial charge in [0.2, 0.25) is 23.0 Å². The smallest absolute Gasteiger partial charge is 0.426 e. The van der Waals surface area contributed by atoms with Crippen LogP contribution >= 0.6 is 0 Å². The fourth-order valence-electron chi connectivity index (χ4n) is 7.16. The normalized spacial score (nSPS) is 21.3. The lowest BCUT2D eigenvalue weighted by molar-refractivity contribution is -0.299. The number of aryl methyl sites for hydroxylation is 2. The third-order valence-corrected chi connectivity index (χ3v) is 10.9. The van der Waals surface area contributed by atoms with Crippen molar-refractivity contribution in [1.29, 1.82) is 0 Å². The Morgan fingerprint density at radius 2 is 1.28 bits per heavy atom. The number of ether oxygens (including phenoxy) is 5. The lowest BCUT2D eigenvalue weighted by atomic mass is 9.94. The van der Waals surface area contributed by atoms with E-state index in [0.717, 1.165) is 7.11 Å². The molecule has 0 aliphatic carbocycles. The quantitative estimate of drug-likeness (QED) is 0.0990. The van der Waals surface area contributed by atoms with Crippen LogP contribution in [-0.2, 0) is 32.0 Å². The van der Waals surface area contributed by atoms with E-state index in [0.29, 0.717) is 42.4 Å². The van der Waals surface area contributed by atoms with Gasteiger partial charge in [-0.2, -0.15) is 26.3 Å². The molecule has 0 amide bonds. The lowest BCUT2D eigenvalue weighted by Gasteiger charge is -2.32. The van der Waals surface area contributed by atoms with Crippen LogP contribution in [0.1, 0.15) is 114 Å². The van der Waals surface area contributed by atoms with Gasteiger partial charge in [0, 0.05) is 17.5 Å². The van der Waals surface area contributed by atoms with Gasteiger partial charge in [0.15, 0.2) is 0 Å². The SMILES string of the molecule is COC(=O)c1cc(C)c2nc1-c1nnc(o1)[C@@](O)(C(F)(F)F)CCCCC[C@@H](C)O2.COC(=O)c1cc(C)c2nc1-c1nnc(o1)[C@@](OCc1ccccc1)(C(F)(F)F)CCC=CC[C@@H](C)O2. The van der Waals surface area contributed by atoms with Crippen molar-refractivity contribution < 1.29 is 73.6 Å². The summed E-state index contributed by atoms with van der Waals surface area (Å²) in [5, 5.41) is 25.0. The van der Waals surface area contributed by atoms with Gasteiger partial charge in [-0.3, -0.25) is 0 Å². The number of carbonyl (C=O) groups is 2. The zero-order valence-electron chi connectivity index (χ0n) is 37.3. The molecule has 5 aromatic rings. The maximum Gasteiger partial charge on any atom is 0.426 e. The van der Waals surface area contributed by atoms with Gasteiger partial charge in [-0.1, -0.05) is 48.9 Å². The molecule has 4 atom stereocenters. The molecule has 1 N–H and O–H groups in total. The van der Waals surface area contributed by atoms with Crippen molar-refractivity contribution in [3.05, 3.63) is 94.2 Å². The van der Waals surface area contributed by atoms with Crippen LogP contribution in [0.15, 0.2) is 63.5 Å². The highest BCUT2D eigenvalue weighted by Crippen LogP contribution is 2.47. The minimum atomic E-state index is -5.03. The van der Waals surface area contributed by atoms with E-state index in [9.17, 15) is 41.0 Å². The first-order valence-electron chi connectivity index (χ1n) is 21.1. The van der Waals surface area contributed by atoms with Crippen molar-refractivity contribution in [1.82, 2.24) is 30.4 Å². The summed E-state index contributed by atoms with van der Waals surface area (Å²) in [5.41, 5.74) is -5.05. The van der Waals surface area contributed by atoms with Crippen LogP contribution < -0.4 is 9.47 Å². The van der Waals surface area contributed by atoms with Crippen molar-refractivity contribution in [3.8, 4) is 34.9 Å². The van der Waals surface area contributed by atoms with Gasteiger partial charge in [-0.25, -0.2) is 19.6 Å². The number of hydrogen-bond acceptors (Lipinski definition) is 16. The van der Waals surface area contributed by atoms with Gasteiger partial charge in [0.05, 0.1) is 38.1 Å². The Morgan fingerprint density at radius 3 is 1.84 bits per heavy atom. The van der Waals surface area contributed by atoms with E-state index in [1.807, 2.05) is 6.92 Å². The fraction of sp³-hybridized carbons (Fsp3) is 0.467. The molecule has 8 bridgehead atoms. The van der Waals surface area contributed by atoms with E-state index in [1.165, 1.54) is 19.2 Å². The van der Waals surface area contributed by atoms with E-state index in [-0.39, 0.29) is 65.9 Å². The van der Waals surface area contributed by atoms with Crippen LogP contribution in [0.3, 0.4) is 0 Å². The summed E-state index contributed by atoms with van der Waals surface area (Å²) >= 11 is 0. The highest BCUT2D eigenvalue weighted by Gasteiger charge is 2.61. The second-order valence-electron chi connectivity index (χ2n) is 16.0. The lowest BCUT2D eigenvalue weighted by Crippen LogP contribution is -2.45. The average molecular weight is 947 g/mol. The van der Waals surface area contributed by atoms with Gasteiger partial charge in [0.25, 0.3) is 23.6 Å². The number of carbonyl (C=O) groups excluding carboxylic acids is 2. The minimum Gasteiger partial charge on any atom is -0.474 e. The number of benzene rings is 1. The number of aromatic nitrogens is 6. The average Bonchev–Trinajstić information content (AvgIpc) is 3.99. The summed E-state index contributed by atoms with van der Waals surface area (Å²) in [7, 11) is 2.33. The molecule has 0 radical (unpaired) electrons. The molecule has 4 aromatic heterocycles. The summed E-state index contributed by atoms with van der Waals surface area (Å²) in [6.45, 7) is 6.65. The van der Waals surface area contributed by atoms with Gasteiger partial charge in [-0.05, 0) is 83.9 Å². The van der Waals surface area contributed by atoms with E-state index >= 15 is 0 Å². The third-order valence-electron chi connectivity index (χ3n) is 10.9. The number of halogens is 6. The zero-order chi connectivity index (χ0) is 48.7. The van der Waals surface area contributed by atoms with Crippen molar-refractivity contribution in [3.63, 3.8) is 0 Å². The standard InChI is InChI=1S/C26H26F3N3O5.C19H22F3N3O5/c1-16-14-19(23(33)34-3)20-22-31-32-24(37-22)25(26(27,28)29,35-15-18-11-7-4-8-12-18)13-9-5-6-10-17(2)36-21(16)30-20;1-10-9-12(16(26)28-3)13-15-24-25-17(30-15)18(27,19(20,21)22)8-6-4-5-7-11(2)29-14(10)23-13/h4-8,11-12,14,17H,9-10,13,15H2,1-3H3;9,11,27H,4-8H2,1-3H3/t17-,25-;11-,18-/m11/s1. The molecule has 2 aliphatic heterocycles. The number of alkyl halides is 6. The number of fused-ring (bicyclic) bond motifs is 10. The molecule has 0 spiro atoms. The number of esters is 2. The zero-order valence-corrected chi connectivity index (χ0v) is 37.3. The highest BCUT2D eigenvalue weighted by molar-refractivity contribution is 5.96. The molecule has 360 valence electrons. The second-order valence-corrected chi connectivity index (χ2v) is 16.0. The van der Waals surface area contributed by atoms with E-state index in [4.69, 9.17) is 32.5 Å². The van der Waals surface area contributed by atoms with Crippen LogP contribution in [0.5, 0.6) is 11.8 Å². The Labute approximate surface area is 380 Å². The number of nitrogens with zero attached hydrogens (tertiary/aromatic N) is 6. The molecule has 0 unspecified atom stereocenters. The topological polar surface area (TPSA) is 204 Å². The number of hydrogen-bond donors (Lipinski definition) is 1. The summed E-state index contributed by atoms with van der Waals surface area (Å²) in [4.78, 5) is 33.3. The predicted octanol–water partition coefficient (Wildman–Crippen LogP) is 9.42.